The van der Waals surface area contributed by atoms with Crippen molar-refractivity contribution in [2.24, 2.45) is 11.7 Å². The molecule has 4 rings (SSSR count). The lowest BCUT2D eigenvalue weighted by Crippen LogP contribution is -2.32. The van der Waals surface area contributed by atoms with Crippen molar-refractivity contribution < 1.29 is 9.53 Å². The number of hydrogen-bond donors (Lipinski definition) is 1. The maximum Gasteiger partial charge on any atom is 0.225 e. The Morgan fingerprint density at radius 2 is 1.81 bits per heavy atom. The molecule has 2 N–H and O–H groups in total. The largest absolute Gasteiger partial charge is 0.373 e. The van der Waals surface area contributed by atoms with Gasteiger partial charge in [-0.1, -0.05) is 54.6 Å². The number of carbonyl (C=O) groups excluding carboxylic acids is 1. The van der Waals surface area contributed by atoms with Crippen molar-refractivity contribution in [2.45, 2.75) is 24.9 Å². The van der Waals surface area contributed by atoms with Crippen molar-refractivity contribution in [1.82, 2.24) is 4.90 Å². The summed E-state index contributed by atoms with van der Waals surface area (Å²) >= 11 is 0. The molecule has 1 fully saturated rings. The van der Waals surface area contributed by atoms with Gasteiger partial charge in [-0.05, 0) is 35.6 Å². The molecule has 0 aliphatic carbocycles. The number of rotatable bonds is 4. The van der Waals surface area contributed by atoms with Gasteiger partial charge in [0.05, 0.1) is 19.1 Å². The van der Waals surface area contributed by atoms with Crippen LogP contribution in [0, 0.1) is 5.92 Å². The molecule has 2 aromatic rings. The molecule has 4 nitrogen and oxygen atoms in total. The van der Waals surface area contributed by atoms with E-state index in [-0.39, 0.29) is 24.4 Å². The number of nitrogens with zero attached hydrogens (tertiary/aromatic N) is 1. The smallest absolute Gasteiger partial charge is 0.225 e. The van der Waals surface area contributed by atoms with Gasteiger partial charge < -0.3 is 15.4 Å². The van der Waals surface area contributed by atoms with Gasteiger partial charge >= 0.3 is 0 Å². The Bertz CT molecular complexity index is 768. The fourth-order valence-corrected chi connectivity index (χ4v) is 4.33. The number of fused-ring (bicyclic) bond motifs is 1. The summed E-state index contributed by atoms with van der Waals surface area (Å²) in [5.74, 6) is 0.814. The van der Waals surface area contributed by atoms with Crippen molar-refractivity contribution in [2.75, 3.05) is 26.2 Å². The fourth-order valence-electron chi connectivity index (χ4n) is 4.33. The Morgan fingerprint density at radius 3 is 2.59 bits per heavy atom. The van der Waals surface area contributed by atoms with Gasteiger partial charge in [-0.25, -0.2) is 0 Å². The van der Waals surface area contributed by atoms with Crippen LogP contribution in [-0.2, 0) is 16.0 Å². The maximum absolute atomic E-state index is 13.0. The third kappa shape index (κ3) is 4.18. The van der Waals surface area contributed by atoms with E-state index in [2.05, 4.69) is 42.5 Å². The fraction of sp³-hybridized carbons (Fsp3) is 0.409. The summed E-state index contributed by atoms with van der Waals surface area (Å²) in [5.41, 5.74) is 9.76. The van der Waals surface area contributed by atoms with E-state index < -0.39 is 0 Å². The zero-order chi connectivity index (χ0) is 17.9. The standard InChI is InChI=1S/C22H26N2O2.ClH/c23-13-18-14-24(15-20(18)16-6-2-1-3-7-16)22(25)12-21-19-9-5-4-8-17(19)10-11-26-21;/h1-9,18,20-21H,10-15,23H2;1H/t18-,20+,21?;/m1./s1. The summed E-state index contributed by atoms with van der Waals surface area (Å²) in [5, 5.41) is 0. The lowest BCUT2D eigenvalue weighted by Gasteiger charge is -2.27. The highest BCUT2D eigenvalue weighted by atomic mass is 35.5. The van der Waals surface area contributed by atoms with Crippen LogP contribution in [0.3, 0.4) is 0 Å². The van der Waals surface area contributed by atoms with Gasteiger partial charge in [0.25, 0.3) is 0 Å². The number of ether oxygens (including phenoxy) is 1. The van der Waals surface area contributed by atoms with E-state index in [0.29, 0.717) is 31.4 Å². The maximum atomic E-state index is 13.0. The van der Waals surface area contributed by atoms with Crippen LogP contribution in [0.25, 0.3) is 0 Å². The molecule has 0 saturated carbocycles. The highest BCUT2D eigenvalue weighted by molar-refractivity contribution is 5.85. The molecule has 3 atom stereocenters. The van der Waals surface area contributed by atoms with E-state index in [1.807, 2.05) is 17.0 Å². The molecule has 2 aromatic carbocycles. The summed E-state index contributed by atoms with van der Waals surface area (Å²) < 4.78 is 5.93. The molecular weight excluding hydrogens is 360 g/mol. The van der Waals surface area contributed by atoms with E-state index in [9.17, 15) is 4.79 Å². The van der Waals surface area contributed by atoms with Crippen LogP contribution in [0.4, 0.5) is 0 Å². The number of nitrogens with two attached hydrogens (primary N) is 1. The van der Waals surface area contributed by atoms with Crippen LogP contribution < -0.4 is 5.73 Å². The van der Waals surface area contributed by atoms with Gasteiger partial charge in [0.2, 0.25) is 5.91 Å². The van der Waals surface area contributed by atoms with Crippen molar-refractivity contribution in [3.8, 4) is 0 Å². The molecule has 144 valence electrons. The minimum Gasteiger partial charge on any atom is -0.373 e. The second kappa shape index (κ2) is 8.87. The molecule has 27 heavy (non-hydrogen) atoms. The van der Waals surface area contributed by atoms with E-state index in [4.69, 9.17) is 10.5 Å². The van der Waals surface area contributed by atoms with Crippen LogP contribution in [0.5, 0.6) is 0 Å². The van der Waals surface area contributed by atoms with Crippen LogP contribution in [0.15, 0.2) is 54.6 Å². The van der Waals surface area contributed by atoms with Crippen molar-refractivity contribution in [1.29, 1.82) is 0 Å². The van der Waals surface area contributed by atoms with Crippen molar-refractivity contribution in [3.05, 3.63) is 71.3 Å². The van der Waals surface area contributed by atoms with E-state index in [1.54, 1.807) is 0 Å². The van der Waals surface area contributed by atoms with E-state index >= 15 is 0 Å². The molecule has 1 amide bonds. The molecule has 0 spiro atoms. The van der Waals surface area contributed by atoms with Gasteiger partial charge in [-0.3, -0.25) is 4.79 Å². The quantitative estimate of drug-likeness (QED) is 0.877. The topological polar surface area (TPSA) is 55.6 Å². The number of hydrogen-bond acceptors (Lipinski definition) is 3. The molecular formula is C22H27ClN2O2. The van der Waals surface area contributed by atoms with Crippen LogP contribution in [-0.4, -0.2) is 37.0 Å². The molecule has 0 bridgehead atoms. The van der Waals surface area contributed by atoms with Gasteiger partial charge in [0, 0.05) is 19.0 Å². The first-order valence-electron chi connectivity index (χ1n) is 9.48. The molecule has 2 heterocycles. The Hall–Kier alpha value is -1.88. The zero-order valence-corrected chi connectivity index (χ0v) is 16.2. The number of likely N-dealkylation sites (tertiary alicyclic amines) is 1. The molecule has 0 radical (unpaired) electrons. The van der Waals surface area contributed by atoms with Gasteiger partial charge in [0.1, 0.15) is 0 Å². The molecule has 2 aliphatic rings. The Morgan fingerprint density at radius 1 is 1.07 bits per heavy atom. The van der Waals surface area contributed by atoms with E-state index in [0.717, 1.165) is 19.5 Å². The lowest BCUT2D eigenvalue weighted by atomic mass is 9.89. The zero-order valence-electron chi connectivity index (χ0n) is 15.4. The number of benzene rings is 2. The highest BCUT2D eigenvalue weighted by Crippen LogP contribution is 2.34. The minimum atomic E-state index is -0.125. The minimum absolute atomic E-state index is 0. The molecule has 1 saturated heterocycles. The molecule has 5 heteroatoms. The number of amides is 1. The molecule has 2 aliphatic heterocycles. The first-order valence-corrected chi connectivity index (χ1v) is 9.48. The van der Waals surface area contributed by atoms with Crippen LogP contribution in [0.2, 0.25) is 0 Å². The van der Waals surface area contributed by atoms with Gasteiger partial charge in [0.15, 0.2) is 0 Å². The summed E-state index contributed by atoms with van der Waals surface area (Å²) in [6.07, 6.45) is 1.21. The first-order chi connectivity index (χ1) is 12.8. The SMILES string of the molecule is Cl.NC[C@@H]1CN(C(=O)CC2OCCc3ccccc32)C[C@H]1c1ccccc1. The monoisotopic (exact) mass is 386 g/mol. The Labute approximate surface area is 167 Å². The number of carbonyl (C=O) groups is 1. The highest BCUT2D eigenvalue weighted by Gasteiger charge is 2.36. The molecule has 1 unspecified atom stereocenters. The van der Waals surface area contributed by atoms with Crippen LogP contribution in [0.1, 0.15) is 35.1 Å². The summed E-state index contributed by atoms with van der Waals surface area (Å²) in [7, 11) is 0. The third-order valence-electron chi connectivity index (χ3n) is 5.78. The van der Waals surface area contributed by atoms with Gasteiger partial charge in [-0.15, -0.1) is 12.4 Å². The normalized spacial score (nSPS) is 24.2. The average Bonchev–Trinajstić information content (AvgIpc) is 3.14. The summed E-state index contributed by atoms with van der Waals surface area (Å²) in [6, 6.07) is 18.7. The number of halogens is 1. The average molecular weight is 387 g/mol. The second-order valence-electron chi connectivity index (χ2n) is 7.32. The van der Waals surface area contributed by atoms with Gasteiger partial charge in [-0.2, -0.15) is 0 Å². The van der Waals surface area contributed by atoms with Crippen molar-refractivity contribution in [3.63, 3.8) is 0 Å². The first kappa shape index (κ1) is 19.9. The van der Waals surface area contributed by atoms with Crippen molar-refractivity contribution >= 4 is 18.3 Å². The summed E-state index contributed by atoms with van der Waals surface area (Å²) in [4.78, 5) is 14.9. The summed E-state index contributed by atoms with van der Waals surface area (Å²) in [6.45, 7) is 2.78. The second-order valence-corrected chi connectivity index (χ2v) is 7.32. The molecule has 0 aromatic heterocycles. The van der Waals surface area contributed by atoms with E-state index in [1.165, 1.54) is 16.7 Å². The lowest BCUT2D eigenvalue weighted by molar-refractivity contribution is -0.133. The predicted octanol–water partition coefficient (Wildman–Crippen LogP) is 3.31. The Balaban J connectivity index is 0.00000210. The van der Waals surface area contributed by atoms with Crippen LogP contribution >= 0.6 is 12.4 Å². The predicted molar refractivity (Wildman–Crippen MR) is 109 cm³/mol. The third-order valence-corrected chi connectivity index (χ3v) is 5.78. The Kier molecular flexibility index (Phi) is 6.53.